The van der Waals surface area contributed by atoms with Gasteiger partial charge in [-0.2, -0.15) is 13.2 Å². The number of halogens is 4. The van der Waals surface area contributed by atoms with Crippen molar-refractivity contribution in [1.29, 1.82) is 0 Å². The van der Waals surface area contributed by atoms with Crippen LogP contribution in [0, 0.1) is 5.92 Å². The fourth-order valence-electron chi connectivity index (χ4n) is 1.47. The number of carboxylic acid groups (broad SMARTS) is 1. The predicted molar refractivity (Wildman–Crippen MR) is 67.9 cm³/mol. The van der Waals surface area contributed by atoms with E-state index in [-0.39, 0.29) is 0 Å². The lowest BCUT2D eigenvalue weighted by molar-refractivity contribution is -0.192. The summed E-state index contributed by atoms with van der Waals surface area (Å²) in [6, 6.07) is 8.47. The molecule has 0 radical (unpaired) electrons. The smallest absolute Gasteiger partial charge is 0.475 e. The highest BCUT2D eigenvalue weighted by molar-refractivity contribution is 9.10. The molecule has 0 amide bonds. The number of nitrogens with one attached hydrogen (secondary N) is 1. The SMILES string of the molecule is Brc1ccccc1CC1CNC1.O=C(O)C(F)(F)F. The van der Waals surface area contributed by atoms with E-state index in [9.17, 15) is 13.2 Å². The molecule has 0 aromatic heterocycles. The molecule has 1 aliphatic heterocycles. The van der Waals surface area contributed by atoms with Gasteiger partial charge in [0.05, 0.1) is 0 Å². The molecule has 3 nitrogen and oxygen atoms in total. The molecule has 19 heavy (non-hydrogen) atoms. The fraction of sp³-hybridized carbons (Fsp3) is 0.417. The first-order chi connectivity index (χ1) is 8.80. The largest absolute Gasteiger partial charge is 0.490 e. The minimum atomic E-state index is -5.08. The highest BCUT2D eigenvalue weighted by Crippen LogP contribution is 2.20. The van der Waals surface area contributed by atoms with Crippen LogP contribution in [0.3, 0.4) is 0 Å². The van der Waals surface area contributed by atoms with Crippen LogP contribution in [-0.2, 0) is 11.2 Å². The van der Waals surface area contributed by atoms with Gasteiger partial charge in [-0.05, 0) is 37.1 Å². The van der Waals surface area contributed by atoms with Crippen LogP contribution in [0.1, 0.15) is 5.56 Å². The Balaban J connectivity index is 0.000000224. The summed E-state index contributed by atoms with van der Waals surface area (Å²) in [6.07, 6.45) is -3.88. The highest BCUT2D eigenvalue weighted by Gasteiger charge is 2.38. The summed E-state index contributed by atoms with van der Waals surface area (Å²) < 4.78 is 33.0. The molecule has 0 aliphatic carbocycles. The Kier molecular flexibility index (Phi) is 5.81. The molecule has 1 aromatic carbocycles. The van der Waals surface area contributed by atoms with Gasteiger partial charge < -0.3 is 10.4 Å². The van der Waals surface area contributed by atoms with E-state index < -0.39 is 12.1 Å². The second-order valence-corrected chi connectivity index (χ2v) is 4.98. The Morgan fingerprint density at radius 2 is 1.89 bits per heavy atom. The molecule has 1 aromatic rings. The van der Waals surface area contributed by atoms with Crippen LogP contribution in [0.5, 0.6) is 0 Å². The molecule has 2 N–H and O–H groups in total. The molecule has 0 bridgehead atoms. The lowest BCUT2D eigenvalue weighted by atomic mass is 9.94. The molecule has 1 heterocycles. The molecule has 2 rings (SSSR count). The number of hydrogen-bond donors (Lipinski definition) is 2. The van der Waals surface area contributed by atoms with Crippen LogP contribution in [0.15, 0.2) is 28.7 Å². The summed E-state index contributed by atoms with van der Waals surface area (Å²) in [5.74, 6) is -1.91. The molecule has 106 valence electrons. The zero-order valence-corrected chi connectivity index (χ0v) is 11.5. The van der Waals surface area contributed by atoms with Crippen molar-refractivity contribution in [3.63, 3.8) is 0 Å². The van der Waals surface area contributed by atoms with E-state index in [2.05, 4.69) is 45.5 Å². The van der Waals surface area contributed by atoms with E-state index in [0.29, 0.717) is 0 Å². The summed E-state index contributed by atoms with van der Waals surface area (Å²) >= 11 is 3.56. The van der Waals surface area contributed by atoms with Gasteiger partial charge in [0.15, 0.2) is 0 Å². The standard InChI is InChI=1S/C10H12BrN.C2HF3O2/c11-10-4-2-1-3-9(10)5-8-6-12-7-8;3-2(4,5)1(6)7/h1-4,8,12H,5-7H2;(H,6,7). The zero-order chi connectivity index (χ0) is 14.5. The van der Waals surface area contributed by atoms with E-state index in [0.717, 1.165) is 5.92 Å². The van der Waals surface area contributed by atoms with Crippen LogP contribution in [0.25, 0.3) is 0 Å². The lowest BCUT2D eigenvalue weighted by Crippen LogP contribution is -2.43. The van der Waals surface area contributed by atoms with Crippen LogP contribution in [0.2, 0.25) is 0 Å². The molecule has 1 saturated heterocycles. The summed E-state index contributed by atoms with van der Waals surface area (Å²) in [4.78, 5) is 8.90. The fourth-order valence-corrected chi connectivity index (χ4v) is 1.91. The maximum atomic E-state index is 10.6. The molecule has 0 spiro atoms. The monoisotopic (exact) mass is 339 g/mol. The maximum absolute atomic E-state index is 10.6. The van der Waals surface area contributed by atoms with Gasteiger partial charge in [-0.3, -0.25) is 0 Å². The third-order valence-corrected chi connectivity index (χ3v) is 3.35. The van der Waals surface area contributed by atoms with Gasteiger partial charge >= 0.3 is 12.1 Å². The number of carboxylic acids is 1. The molecule has 7 heteroatoms. The van der Waals surface area contributed by atoms with Crippen molar-refractivity contribution in [1.82, 2.24) is 5.32 Å². The van der Waals surface area contributed by atoms with Crippen molar-refractivity contribution in [2.24, 2.45) is 5.92 Å². The molecular weight excluding hydrogens is 327 g/mol. The van der Waals surface area contributed by atoms with E-state index in [1.54, 1.807) is 0 Å². The number of rotatable bonds is 2. The highest BCUT2D eigenvalue weighted by atomic mass is 79.9. The Hall–Kier alpha value is -1.08. The van der Waals surface area contributed by atoms with Gasteiger partial charge in [0.1, 0.15) is 0 Å². The van der Waals surface area contributed by atoms with Gasteiger partial charge in [0, 0.05) is 4.47 Å². The van der Waals surface area contributed by atoms with Crippen LogP contribution in [-0.4, -0.2) is 30.3 Å². The Bertz CT molecular complexity index is 433. The minimum Gasteiger partial charge on any atom is -0.475 e. The first-order valence-electron chi connectivity index (χ1n) is 5.55. The third-order valence-electron chi connectivity index (χ3n) is 2.57. The van der Waals surface area contributed by atoms with Crippen LogP contribution in [0.4, 0.5) is 13.2 Å². The molecule has 0 unspecified atom stereocenters. The summed E-state index contributed by atoms with van der Waals surface area (Å²) in [6.45, 7) is 2.36. The van der Waals surface area contributed by atoms with Crippen molar-refractivity contribution in [2.45, 2.75) is 12.6 Å². The maximum Gasteiger partial charge on any atom is 0.490 e. The van der Waals surface area contributed by atoms with Crippen molar-refractivity contribution >= 4 is 21.9 Å². The summed E-state index contributed by atoms with van der Waals surface area (Å²) in [5.41, 5.74) is 1.43. The Morgan fingerprint density at radius 1 is 1.37 bits per heavy atom. The van der Waals surface area contributed by atoms with Crippen molar-refractivity contribution < 1.29 is 23.1 Å². The first kappa shape index (κ1) is 16.0. The molecular formula is C12H13BrF3NO2. The quantitative estimate of drug-likeness (QED) is 0.871. The molecule has 0 atom stereocenters. The van der Waals surface area contributed by atoms with Crippen molar-refractivity contribution in [3.05, 3.63) is 34.3 Å². The average Bonchev–Trinajstić information content (AvgIpc) is 2.25. The van der Waals surface area contributed by atoms with Crippen molar-refractivity contribution in [3.8, 4) is 0 Å². The van der Waals surface area contributed by atoms with Gasteiger partial charge in [-0.15, -0.1) is 0 Å². The minimum absolute atomic E-state index is 0.851. The average molecular weight is 340 g/mol. The number of hydrogen-bond acceptors (Lipinski definition) is 2. The summed E-state index contributed by atoms with van der Waals surface area (Å²) in [7, 11) is 0. The number of alkyl halides is 3. The topological polar surface area (TPSA) is 49.3 Å². The van der Waals surface area contributed by atoms with Crippen LogP contribution >= 0.6 is 15.9 Å². The van der Waals surface area contributed by atoms with E-state index >= 15 is 0 Å². The van der Waals surface area contributed by atoms with E-state index in [1.807, 2.05) is 0 Å². The Labute approximate surface area is 116 Å². The number of benzene rings is 1. The van der Waals surface area contributed by atoms with Crippen LogP contribution < -0.4 is 5.32 Å². The Morgan fingerprint density at radius 3 is 2.26 bits per heavy atom. The van der Waals surface area contributed by atoms with Gasteiger partial charge in [-0.25, -0.2) is 4.79 Å². The van der Waals surface area contributed by atoms with Gasteiger partial charge in [-0.1, -0.05) is 34.1 Å². The molecule has 1 aliphatic rings. The van der Waals surface area contributed by atoms with E-state index in [1.165, 1.54) is 29.5 Å². The second-order valence-electron chi connectivity index (χ2n) is 4.12. The van der Waals surface area contributed by atoms with Gasteiger partial charge in [0.25, 0.3) is 0 Å². The predicted octanol–water partition coefficient (Wildman–Crippen LogP) is 2.84. The molecule has 0 saturated carbocycles. The summed E-state index contributed by atoms with van der Waals surface area (Å²) in [5, 5.41) is 10.4. The number of aliphatic carboxylic acids is 1. The molecule has 1 fully saturated rings. The van der Waals surface area contributed by atoms with Gasteiger partial charge in [0.2, 0.25) is 0 Å². The second kappa shape index (κ2) is 6.91. The number of carbonyl (C=O) groups is 1. The zero-order valence-electron chi connectivity index (χ0n) is 9.88. The third kappa shape index (κ3) is 5.61. The lowest BCUT2D eigenvalue weighted by Gasteiger charge is -2.27. The normalized spacial score (nSPS) is 15.2. The first-order valence-corrected chi connectivity index (χ1v) is 6.34. The van der Waals surface area contributed by atoms with E-state index in [4.69, 9.17) is 9.90 Å². The van der Waals surface area contributed by atoms with Crippen molar-refractivity contribution in [2.75, 3.05) is 13.1 Å².